The number of ketones is 1. The topological polar surface area (TPSA) is 37.4 Å². The molecule has 0 fully saturated rings. The van der Waals surface area contributed by atoms with Crippen LogP contribution >= 0.6 is 11.6 Å². The molecule has 0 aliphatic carbocycles. The lowest BCUT2D eigenvalue weighted by Gasteiger charge is -2.37. The van der Waals surface area contributed by atoms with Crippen LogP contribution in [0.2, 0.25) is 0 Å². The molecule has 0 saturated heterocycles. The number of hydrogen-bond acceptors (Lipinski definition) is 2. The molecule has 1 aliphatic heterocycles. The minimum Gasteiger partial charge on any atom is -0.310 e. The van der Waals surface area contributed by atoms with Gasteiger partial charge in [0.15, 0.2) is 10.7 Å². The molecule has 0 saturated carbocycles. The lowest BCUT2D eigenvalue weighted by atomic mass is 9.87. The van der Waals surface area contributed by atoms with Crippen LogP contribution in [0.25, 0.3) is 0 Å². The van der Waals surface area contributed by atoms with E-state index in [1.54, 1.807) is 24.0 Å². The SMILES string of the molecule is CCCCN1C(=O)C(Cl)(CC)C(=O)c2ccccc21. The zero-order chi connectivity index (χ0) is 14.0. The second-order valence-electron chi connectivity index (χ2n) is 4.81. The van der Waals surface area contributed by atoms with E-state index < -0.39 is 4.87 Å². The van der Waals surface area contributed by atoms with Gasteiger partial charge in [0.05, 0.1) is 5.69 Å². The van der Waals surface area contributed by atoms with Crippen molar-refractivity contribution in [1.82, 2.24) is 0 Å². The summed E-state index contributed by atoms with van der Waals surface area (Å²) in [7, 11) is 0. The molecule has 102 valence electrons. The van der Waals surface area contributed by atoms with Crippen LogP contribution in [0.1, 0.15) is 43.5 Å². The van der Waals surface area contributed by atoms with Gasteiger partial charge in [0, 0.05) is 12.1 Å². The number of nitrogens with zero attached hydrogens (tertiary/aromatic N) is 1. The Morgan fingerprint density at radius 2 is 1.89 bits per heavy atom. The minimum absolute atomic E-state index is 0.273. The predicted molar refractivity (Wildman–Crippen MR) is 76.9 cm³/mol. The van der Waals surface area contributed by atoms with E-state index in [9.17, 15) is 9.59 Å². The Balaban J connectivity index is 2.52. The standard InChI is InChI=1S/C15H18ClNO2/c1-3-5-10-17-12-9-7-6-8-11(12)13(18)15(16,4-2)14(17)19/h6-9H,3-5,10H2,1-2H3. The lowest BCUT2D eigenvalue weighted by Crippen LogP contribution is -2.54. The first-order valence-corrected chi connectivity index (χ1v) is 7.08. The van der Waals surface area contributed by atoms with Gasteiger partial charge in [-0.3, -0.25) is 9.59 Å². The number of benzene rings is 1. The van der Waals surface area contributed by atoms with Gasteiger partial charge in [-0.05, 0) is 25.0 Å². The van der Waals surface area contributed by atoms with Crippen molar-refractivity contribution < 1.29 is 9.59 Å². The summed E-state index contributed by atoms with van der Waals surface area (Å²) in [4.78, 5) is 25.2. The van der Waals surface area contributed by atoms with Crippen LogP contribution in [-0.4, -0.2) is 23.1 Å². The number of amides is 1. The van der Waals surface area contributed by atoms with Crippen molar-refractivity contribution in [3.63, 3.8) is 0 Å². The summed E-state index contributed by atoms with van der Waals surface area (Å²) in [6.45, 7) is 4.45. The number of carbonyl (C=O) groups excluding carboxylic acids is 2. The quantitative estimate of drug-likeness (QED) is 0.626. The first kappa shape index (κ1) is 14.1. The highest BCUT2D eigenvalue weighted by atomic mass is 35.5. The maximum atomic E-state index is 12.5. The summed E-state index contributed by atoms with van der Waals surface area (Å²) in [5, 5.41) is 0. The van der Waals surface area contributed by atoms with Crippen LogP contribution in [0.15, 0.2) is 24.3 Å². The van der Waals surface area contributed by atoms with Crippen LogP contribution in [0.4, 0.5) is 5.69 Å². The molecule has 1 aliphatic rings. The largest absolute Gasteiger partial charge is 0.310 e. The van der Waals surface area contributed by atoms with Gasteiger partial charge < -0.3 is 4.90 Å². The Bertz CT molecular complexity index is 515. The molecule has 1 unspecified atom stereocenters. The first-order valence-electron chi connectivity index (χ1n) is 6.71. The highest BCUT2D eigenvalue weighted by molar-refractivity contribution is 6.52. The van der Waals surface area contributed by atoms with Crippen LogP contribution in [0.3, 0.4) is 0 Å². The average Bonchev–Trinajstić information content (AvgIpc) is 2.45. The van der Waals surface area contributed by atoms with Crippen molar-refractivity contribution in [2.45, 2.75) is 38.0 Å². The van der Waals surface area contributed by atoms with Crippen molar-refractivity contribution in [1.29, 1.82) is 0 Å². The van der Waals surface area contributed by atoms with E-state index in [1.807, 2.05) is 12.1 Å². The molecule has 0 aromatic heterocycles. The summed E-state index contributed by atoms with van der Waals surface area (Å²) in [5.74, 6) is -0.557. The summed E-state index contributed by atoms with van der Waals surface area (Å²) in [6.07, 6.45) is 2.19. The Kier molecular flexibility index (Phi) is 3.95. The van der Waals surface area contributed by atoms with Crippen LogP contribution in [0, 0.1) is 0 Å². The highest BCUT2D eigenvalue weighted by Crippen LogP contribution is 2.38. The number of hydrogen-bond donors (Lipinski definition) is 0. The van der Waals surface area contributed by atoms with Gasteiger partial charge in [-0.25, -0.2) is 0 Å². The number of carbonyl (C=O) groups is 2. The second kappa shape index (κ2) is 5.33. The molecular weight excluding hydrogens is 262 g/mol. The predicted octanol–water partition coefficient (Wildman–Crippen LogP) is 3.40. The highest BCUT2D eigenvalue weighted by Gasteiger charge is 2.50. The Morgan fingerprint density at radius 3 is 2.53 bits per heavy atom. The third-order valence-electron chi connectivity index (χ3n) is 3.61. The summed E-state index contributed by atoms with van der Waals surface area (Å²) < 4.78 is 0. The lowest BCUT2D eigenvalue weighted by molar-refractivity contribution is -0.120. The summed E-state index contributed by atoms with van der Waals surface area (Å²) in [6, 6.07) is 7.20. The number of Topliss-reactive ketones (excluding diaryl/α,β-unsaturated/α-hetero) is 1. The molecule has 1 aromatic carbocycles. The third-order valence-corrected chi connectivity index (χ3v) is 4.21. The van der Waals surface area contributed by atoms with E-state index >= 15 is 0 Å². The van der Waals surface area contributed by atoms with Crippen molar-refractivity contribution in [2.75, 3.05) is 11.4 Å². The fourth-order valence-electron chi connectivity index (χ4n) is 2.38. The van der Waals surface area contributed by atoms with Gasteiger partial charge >= 0.3 is 0 Å². The molecule has 3 nitrogen and oxygen atoms in total. The van der Waals surface area contributed by atoms with Crippen molar-refractivity contribution in [3.05, 3.63) is 29.8 Å². The second-order valence-corrected chi connectivity index (χ2v) is 5.46. The molecule has 1 atom stereocenters. The number of fused-ring (bicyclic) bond motifs is 1. The molecule has 2 rings (SSSR count). The Labute approximate surface area is 118 Å². The molecule has 0 bridgehead atoms. The van der Waals surface area contributed by atoms with Gasteiger partial charge in [-0.15, -0.1) is 0 Å². The molecule has 0 radical (unpaired) electrons. The van der Waals surface area contributed by atoms with Crippen molar-refractivity contribution in [2.24, 2.45) is 0 Å². The minimum atomic E-state index is -1.43. The fourth-order valence-corrected chi connectivity index (χ4v) is 2.59. The zero-order valence-corrected chi connectivity index (χ0v) is 12.0. The number of anilines is 1. The number of alkyl halides is 1. The van der Waals surface area contributed by atoms with E-state index in [0.29, 0.717) is 24.2 Å². The molecule has 0 spiro atoms. The Morgan fingerprint density at radius 1 is 1.21 bits per heavy atom. The Hall–Kier alpha value is -1.35. The molecule has 1 aromatic rings. The molecule has 19 heavy (non-hydrogen) atoms. The van der Waals surface area contributed by atoms with Gasteiger partial charge in [-0.2, -0.15) is 0 Å². The maximum Gasteiger partial charge on any atom is 0.256 e. The zero-order valence-electron chi connectivity index (χ0n) is 11.3. The third kappa shape index (κ3) is 2.16. The average molecular weight is 280 g/mol. The van der Waals surface area contributed by atoms with E-state index in [-0.39, 0.29) is 11.7 Å². The number of halogens is 1. The van der Waals surface area contributed by atoms with E-state index in [0.717, 1.165) is 12.8 Å². The monoisotopic (exact) mass is 279 g/mol. The van der Waals surface area contributed by atoms with E-state index in [1.165, 1.54) is 0 Å². The smallest absolute Gasteiger partial charge is 0.256 e. The first-order chi connectivity index (χ1) is 9.06. The molecule has 0 N–H and O–H groups in total. The molecular formula is C15H18ClNO2. The van der Waals surface area contributed by atoms with Gasteiger partial charge in [0.2, 0.25) is 0 Å². The number of para-hydroxylation sites is 1. The van der Waals surface area contributed by atoms with Crippen LogP contribution in [-0.2, 0) is 4.79 Å². The fraction of sp³-hybridized carbons (Fsp3) is 0.467. The number of unbranched alkanes of at least 4 members (excludes halogenated alkanes) is 1. The number of rotatable bonds is 4. The van der Waals surface area contributed by atoms with E-state index in [4.69, 9.17) is 11.6 Å². The van der Waals surface area contributed by atoms with Crippen LogP contribution < -0.4 is 4.90 Å². The summed E-state index contributed by atoms with van der Waals surface area (Å²) in [5.41, 5.74) is 1.24. The van der Waals surface area contributed by atoms with Crippen molar-refractivity contribution >= 4 is 29.0 Å². The molecule has 4 heteroatoms. The molecule has 1 amide bonds. The maximum absolute atomic E-state index is 12.5. The van der Waals surface area contributed by atoms with Gasteiger partial charge in [-0.1, -0.05) is 44.0 Å². The van der Waals surface area contributed by atoms with Gasteiger partial charge in [0.1, 0.15) is 0 Å². The normalized spacial score (nSPS) is 22.6. The van der Waals surface area contributed by atoms with E-state index in [2.05, 4.69) is 6.92 Å². The summed E-state index contributed by atoms with van der Waals surface area (Å²) >= 11 is 6.32. The van der Waals surface area contributed by atoms with Crippen molar-refractivity contribution in [3.8, 4) is 0 Å². The molecule has 1 heterocycles. The van der Waals surface area contributed by atoms with Gasteiger partial charge in [0.25, 0.3) is 5.91 Å². The van der Waals surface area contributed by atoms with Crippen LogP contribution in [0.5, 0.6) is 0 Å².